The lowest BCUT2D eigenvalue weighted by Crippen LogP contribution is -2.51. The first-order valence-corrected chi connectivity index (χ1v) is 10.3. The Morgan fingerprint density at radius 3 is 2.70 bits per heavy atom. The molecule has 1 N–H and O–H groups in total. The molecule has 5 atom stereocenters. The Hall–Kier alpha value is -1.58. The number of allylic oxidation sites excluding steroid dienone is 3. The van der Waals surface area contributed by atoms with Gasteiger partial charge in [-0.05, 0) is 61.2 Å². The molecule has 0 aromatic rings. The molecule has 150 valence electrons. The molecule has 0 saturated heterocycles. The number of hydrogen-bond acceptors (Lipinski definition) is 3. The number of hydrogen-bond donors (Lipinski definition) is 1. The van der Waals surface area contributed by atoms with E-state index in [4.69, 9.17) is 9.84 Å². The Morgan fingerprint density at radius 2 is 2.04 bits per heavy atom. The van der Waals surface area contributed by atoms with Crippen LogP contribution in [0.2, 0.25) is 0 Å². The average molecular weight is 375 g/mol. The second-order valence-corrected chi connectivity index (χ2v) is 9.91. The zero-order chi connectivity index (χ0) is 19.9. The SMILES string of the molecule is C=C[C@@]1(C)CC=C2[C@@H](CC[C@@H]3[C@@](C)(COC(=O)CC(=O)O)CCC[C@]23C)C1. The summed E-state index contributed by atoms with van der Waals surface area (Å²) in [7, 11) is 0. The predicted octanol–water partition coefficient (Wildman–Crippen LogP) is 5.14. The second kappa shape index (κ2) is 7.10. The van der Waals surface area contributed by atoms with Gasteiger partial charge in [-0.2, -0.15) is 0 Å². The van der Waals surface area contributed by atoms with Crippen molar-refractivity contribution in [1.29, 1.82) is 0 Å². The van der Waals surface area contributed by atoms with E-state index in [9.17, 15) is 9.59 Å². The maximum Gasteiger partial charge on any atom is 0.317 e. The Kier molecular flexibility index (Phi) is 5.31. The molecule has 0 unspecified atom stereocenters. The minimum Gasteiger partial charge on any atom is -0.481 e. The number of rotatable bonds is 5. The Morgan fingerprint density at radius 1 is 1.30 bits per heavy atom. The van der Waals surface area contributed by atoms with Gasteiger partial charge in [0.1, 0.15) is 6.42 Å². The fraction of sp³-hybridized carbons (Fsp3) is 0.739. The van der Waals surface area contributed by atoms with Crippen LogP contribution in [0.15, 0.2) is 24.3 Å². The van der Waals surface area contributed by atoms with Gasteiger partial charge < -0.3 is 9.84 Å². The molecular formula is C23H34O4. The van der Waals surface area contributed by atoms with Gasteiger partial charge in [-0.25, -0.2) is 0 Å². The van der Waals surface area contributed by atoms with Crippen molar-refractivity contribution in [1.82, 2.24) is 0 Å². The lowest BCUT2D eigenvalue weighted by atomic mass is 9.46. The quantitative estimate of drug-likeness (QED) is 0.411. The molecule has 0 radical (unpaired) electrons. The number of carboxylic acids is 1. The fourth-order valence-electron chi connectivity index (χ4n) is 6.34. The van der Waals surface area contributed by atoms with Crippen LogP contribution in [0.4, 0.5) is 0 Å². The first kappa shape index (κ1) is 20.2. The molecule has 0 aromatic carbocycles. The van der Waals surface area contributed by atoms with Crippen molar-refractivity contribution in [2.45, 2.75) is 72.1 Å². The van der Waals surface area contributed by atoms with Crippen LogP contribution in [0.25, 0.3) is 0 Å². The third-order valence-electron chi connectivity index (χ3n) is 7.81. The van der Waals surface area contributed by atoms with Crippen molar-refractivity contribution in [2.24, 2.45) is 28.1 Å². The first-order chi connectivity index (χ1) is 12.6. The number of ether oxygens (including phenoxy) is 1. The average Bonchev–Trinajstić information content (AvgIpc) is 2.59. The van der Waals surface area contributed by atoms with E-state index in [0.29, 0.717) is 18.4 Å². The topological polar surface area (TPSA) is 63.6 Å². The molecule has 4 nitrogen and oxygen atoms in total. The molecule has 4 heteroatoms. The van der Waals surface area contributed by atoms with Gasteiger partial charge in [0.25, 0.3) is 0 Å². The number of fused-ring (bicyclic) bond motifs is 3. The monoisotopic (exact) mass is 374 g/mol. The van der Waals surface area contributed by atoms with Crippen molar-refractivity contribution in [3.63, 3.8) is 0 Å². The molecule has 0 amide bonds. The van der Waals surface area contributed by atoms with Crippen LogP contribution in [-0.4, -0.2) is 23.7 Å². The van der Waals surface area contributed by atoms with Gasteiger partial charge in [-0.3, -0.25) is 9.59 Å². The van der Waals surface area contributed by atoms with Crippen molar-refractivity contribution in [3.8, 4) is 0 Å². The van der Waals surface area contributed by atoms with Gasteiger partial charge in [-0.1, -0.05) is 44.9 Å². The molecule has 0 bridgehead atoms. The molecule has 0 heterocycles. The molecule has 3 rings (SSSR count). The van der Waals surface area contributed by atoms with E-state index in [-0.39, 0.29) is 16.2 Å². The first-order valence-electron chi connectivity index (χ1n) is 10.3. The summed E-state index contributed by atoms with van der Waals surface area (Å²) in [6.45, 7) is 11.4. The van der Waals surface area contributed by atoms with Crippen molar-refractivity contribution < 1.29 is 19.4 Å². The van der Waals surface area contributed by atoms with Crippen LogP contribution >= 0.6 is 0 Å². The third kappa shape index (κ3) is 3.72. The minimum absolute atomic E-state index is 0.0772. The number of aliphatic carboxylic acids is 1. The largest absolute Gasteiger partial charge is 0.481 e. The van der Waals surface area contributed by atoms with E-state index >= 15 is 0 Å². The van der Waals surface area contributed by atoms with E-state index in [1.165, 1.54) is 19.3 Å². The van der Waals surface area contributed by atoms with Crippen molar-refractivity contribution in [3.05, 3.63) is 24.3 Å². The van der Waals surface area contributed by atoms with E-state index in [1.54, 1.807) is 5.57 Å². The van der Waals surface area contributed by atoms with Crippen molar-refractivity contribution in [2.75, 3.05) is 6.61 Å². The van der Waals surface area contributed by atoms with Gasteiger partial charge in [0.2, 0.25) is 0 Å². The molecule has 27 heavy (non-hydrogen) atoms. The maximum absolute atomic E-state index is 11.8. The Bertz CT molecular complexity index is 665. The third-order valence-corrected chi connectivity index (χ3v) is 7.81. The summed E-state index contributed by atoms with van der Waals surface area (Å²) in [5.74, 6) is -0.632. The summed E-state index contributed by atoms with van der Waals surface area (Å²) in [4.78, 5) is 22.5. The summed E-state index contributed by atoms with van der Waals surface area (Å²) in [5, 5.41) is 8.79. The van der Waals surface area contributed by atoms with Gasteiger partial charge >= 0.3 is 11.9 Å². The second-order valence-electron chi connectivity index (χ2n) is 9.91. The number of carbonyl (C=O) groups is 2. The molecule has 0 spiro atoms. The molecule has 2 fully saturated rings. The smallest absolute Gasteiger partial charge is 0.317 e. The Labute approximate surface area is 163 Å². The van der Waals surface area contributed by atoms with E-state index in [2.05, 4.69) is 39.5 Å². The van der Waals surface area contributed by atoms with Gasteiger partial charge in [0.05, 0.1) is 6.61 Å². The van der Waals surface area contributed by atoms with Crippen LogP contribution in [0.1, 0.15) is 72.1 Å². The summed E-state index contributed by atoms with van der Waals surface area (Å²) < 4.78 is 5.42. The van der Waals surface area contributed by atoms with Gasteiger partial charge in [0, 0.05) is 5.41 Å². The minimum atomic E-state index is -1.13. The molecule has 2 saturated carbocycles. The fourth-order valence-corrected chi connectivity index (χ4v) is 6.34. The molecule has 0 aliphatic heterocycles. The van der Waals surface area contributed by atoms with Crippen LogP contribution < -0.4 is 0 Å². The normalized spacial score (nSPS) is 40.9. The van der Waals surface area contributed by atoms with Crippen LogP contribution in [0.5, 0.6) is 0 Å². The zero-order valence-electron chi connectivity index (χ0n) is 17.1. The van der Waals surface area contributed by atoms with E-state index in [0.717, 1.165) is 25.7 Å². The predicted molar refractivity (Wildman–Crippen MR) is 105 cm³/mol. The number of carboxylic acid groups (broad SMARTS) is 1. The highest BCUT2D eigenvalue weighted by molar-refractivity contribution is 5.90. The summed E-state index contributed by atoms with van der Waals surface area (Å²) in [6.07, 6.45) is 12.0. The van der Waals surface area contributed by atoms with Gasteiger partial charge in [-0.15, -0.1) is 6.58 Å². The highest BCUT2D eigenvalue weighted by atomic mass is 16.5. The molecule has 0 aromatic heterocycles. The summed E-state index contributed by atoms with van der Waals surface area (Å²) >= 11 is 0. The number of esters is 1. The molecular weight excluding hydrogens is 340 g/mol. The highest BCUT2D eigenvalue weighted by Crippen LogP contribution is 2.63. The molecule has 3 aliphatic carbocycles. The van der Waals surface area contributed by atoms with Crippen LogP contribution in [-0.2, 0) is 14.3 Å². The van der Waals surface area contributed by atoms with Gasteiger partial charge in [0.15, 0.2) is 0 Å². The highest BCUT2D eigenvalue weighted by Gasteiger charge is 2.55. The lowest BCUT2D eigenvalue weighted by molar-refractivity contribution is -0.157. The molecule has 3 aliphatic rings. The summed E-state index contributed by atoms with van der Waals surface area (Å²) in [6, 6.07) is 0. The van der Waals surface area contributed by atoms with Crippen LogP contribution in [0.3, 0.4) is 0 Å². The maximum atomic E-state index is 11.8. The van der Waals surface area contributed by atoms with Crippen LogP contribution in [0, 0.1) is 28.1 Å². The van der Waals surface area contributed by atoms with E-state index < -0.39 is 18.4 Å². The zero-order valence-corrected chi connectivity index (χ0v) is 17.1. The number of carbonyl (C=O) groups excluding carboxylic acids is 1. The Balaban J connectivity index is 1.80. The lowest BCUT2D eigenvalue weighted by Gasteiger charge is -2.59. The van der Waals surface area contributed by atoms with Crippen molar-refractivity contribution >= 4 is 11.9 Å². The standard InChI is InChI=1S/C23H34O4/c1-5-21(2)12-9-17-16(14-21)7-8-18-22(3,10-6-11-23(17,18)4)15-27-20(26)13-19(24)25/h5,9,16,18H,1,6-8,10-15H2,2-4H3,(H,24,25)/t16-,18+,21-,22+,23+/m0/s1. The summed E-state index contributed by atoms with van der Waals surface area (Å²) in [5.41, 5.74) is 1.92. The van der Waals surface area contributed by atoms with E-state index in [1.807, 2.05) is 0 Å².